The van der Waals surface area contributed by atoms with E-state index in [1.807, 2.05) is 48.0 Å². The third kappa shape index (κ3) is 4.82. The van der Waals surface area contributed by atoms with Crippen molar-refractivity contribution in [2.75, 3.05) is 0 Å². The van der Waals surface area contributed by atoms with Gasteiger partial charge in [-0.2, -0.15) is 0 Å². The molecule has 0 aliphatic heterocycles. The minimum atomic E-state index is -0.223. The van der Waals surface area contributed by atoms with Gasteiger partial charge in [-0.05, 0) is 73.2 Å². The van der Waals surface area contributed by atoms with Crippen LogP contribution >= 0.6 is 0 Å². The number of hydrogen-bond acceptors (Lipinski definition) is 6. The number of aromatic amines is 1. The summed E-state index contributed by atoms with van der Waals surface area (Å²) in [6, 6.07) is 11.8. The molecular formula is C26H34N6O2. The standard InChI is InChI=1S/C26H34N6O2/c1-6-10-22(24-28-29-30-32(24)26(4,5)7-2)31(17-21-13-9-14-34-21)16-20-15-19-12-8-11-18(3)23(19)27-25(20)33/h8-9,11-15,22H,6-7,10,16-17H2,1-5H3,(H,27,33). The maximum atomic E-state index is 13.1. The molecule has 1 aromatic carbocycles. The second kappa shape index (κ2) is 9.93. The van der Waals surface area contributed by atoms with Crippen LogP contribution in [0.1, 0.15) is 75.7 Å². The number of benzene rings is 1. The zero-order chi connectivity index (χ0) is 24.3. The van der Waals surface area contributed by atoms with Crippen LogP contribution in [0.3, 0.4) is 0 Å². The van der Waals surface area contributed by atoms with Crippen LogP contribution < -0.4 is 5.56 Å². The molecule has 180 valence electrons. The summed E-state index contributed by atoms with van der Waals surface area (Å²) in [5.74, 6) is 1.65. The number of para-hydroxylation sites is 1. The summed E-state index contributed by atoms with van der Waals surface area (Å²) in [5, 5.41) is 13.9. The van der Waals surface area contributed by atoms with Gasteiger partial charge in [-0.15, -0.1) is 5.10 Å². The molecule has 0 spiro atoms. The molecule has 1 N–H and O–H groups in total. The Hall–Kier alpha value is -3.26. The van der Waals surface area contributed by atoms with Crippen molar-refractivity contribution in [2.24, 2.45) is 0 Å². The number of aryl methyl sites for hydroxylation is 1. The van der Waals surface area contributed by atoms with Gasteiger partial charge in [0.2, 0.25) is 0 Å². The van der Waals surface area contributed by atoms with Crippen LogP contribution in [0.15, 0.2) is 51.9 Å². The Balaban J connectivity index is 1.78. The number of tetrazole rings is 1. The Labute approximate surface area is 200 Å². The fraction of sp³-hybridized carbons (Fsp3) is 0.462. The Bertz CT molecular complexity index is 1290. The predicted octanol–water partition coefficient (Wildman–Crippen LogP) is 5.10. The summed E-state index contributed by atoms with van der Waals surface area (Å²) in [6.45, 7) is 11.6. The highest BCUT2D eigenvalue weighted by Crippen LogP contribution is 2.31. The number of fused-ring (bicyclic) bond motifs is 1. The Morgan fingerprint density at radius 3 is 2.71 bits per heavy atom. The van der Waals surface area contributed by atoms with Crippen molar-refractivity contribution in [1.82, 2.24) is 30.1 Å². The summed E-state index contributed by atoms with van der Waals surface area (Å²) in [7, 11) is 0. The van der Waals surface area contributed by atoms with Gasteiger partial charge in [0.15, 0.2) is 5.82 Å². The first kappa shape index (κ1) is 23.9. The van der Waals surface area contributed by atoms with Gasteiger partial charge in [-0.1, -0.05) is 38.5 Å². The molecule has 0 aliphatic rings. The molecule has 0 fully saturated rings. The maximum Gasteiger partial charge on any atom is 0.252 e. The monoisotopic (exact) mass is 462 g/mol. The highest BCUT2D eigenvalue weighted by Gasteiger charge is 2.32. The number of aromatic nitrogens is 5. The van der Waals surface area contributed by atoms with Crippen LogP contribution in [0, 0.1) is 6.92 Å². The molecule has 0 amide bonds. The number of nitrogens with one attached hydrogen (secondary N) is 1. The Morgan fingerprint density at radius 1 is 1.18 bits per heavy atom. The van der Waals surface area contributed by atoms with E-state index < -0.39 is 0 Å². The first-order chi connectivity index (χ1) is 16.3. The lowest BCUT2D eigenvalue weighted by atomic mass is 10.0. The Kier molecular flexibility index (Phi) is 6.97. The zero-order valence-corrected chi connectivity index (χ0v) is 20.7. The fourth-order valence-electron chi connectivity index (χ4n) is 4.37. The van der Waals surface area contributed by atoms with Gasteiger partial charge in [0, 0.05) is 12.1 Å². The molecule has 1 atom stereocenters. The number of H-pyrrole nitrogens is 1. The average molecular weight is 463 g/mol. The lowest BCUT2D eigenvalue weighted by Crippen LogP contribution is -2.36. The topological polar surface area (TPSA) is 92.8 Å². The van der Waals surface area contributed by atoms with Crippen molar-refractivity contribution in [3.8, 4) is 0 Å². The van der Waals surface area contributed by atoms with Gasteiger partial charge in [-0.25, -0.2) is 4.68 Å². The number of pyridine rings is 1. The van der Waals surface area contributed by atoms with E-state index in [1.54, 1.807) is 6.26 Å². The highest BCUT2D eigenvalue weighted by atomic mass is 16.3. The minimum Gasteiger partial charge on any atom is -0.468 e. The van der Waals surface area contributed by atoms with Crippen LogP contribution in [0.25, 0.3) is 10.9 Å². The van der Waals surface area contributed by atoms with Crippen LogP contribution in [0.5, 0.6) is 0 Å². The quantitative estimate of drug-likeness (QED) is 0.352. The van der Waals surface area contributed by atoms with E-state index >= 15 is 0 Å². The first-order valence-corrected chi connectivity index (χ1v) is 12.0. The van der Waals surface area contributed by atoms with Crippen LogP contribution in [-0.4, -0.2) is 30.1 Å². The normalized spacial score (nSPS) is 13.1. The highest BCUT2D eigenvalue weighted by molar-refractivity contribution is 5.81. The van der Waals surface area contributed by atoms with Crippen molar-refractivity contribution in [2.45, 2.75) is 78.6 Å². The van der Waals surface area contributed by atoms with Crippen molar-refractivity contribution < 1.29 is 4.42 Å². The summed E-state index contributed by atoms with van der Waals surface area (Å²) in [5.41, 5.74) is 2.35. The molecule has 8 heteroatoms. The zero-order valence-electron chi connectivity index (χ0n) is 20.7. The molecule has 0 aliphatic carbocycles. The van der Waals surface area contributed by atoms with Crippen LogP contribution in [-0.2, 0) is 18.6 Å². The second-order valence-electron chi connectivity index (χ2n) is 9.57. The predicted molar refractivity (Wildman–Crippen MR) is 132 cm³/mol. The summed E-state index contributed by atoms with van der Waals surface area (Å²) in [6.07, 6.45) is 4.38. The molecule has 0 bridgehead atoms. The van der Waals surface area contributed by atoms with Gasteiger partial charge in [0.05, 0.1) is 29.9 Å². The van der Waals surface area contributed by atoms with E-state index in [2.05, 4.69) is 53.1 Å². The number of furan rings is 1. The number of nitrogens with zero attached hydrogens (tertiary/aromatic N) is 5. The molecule has 3 heterocycles. The lowest BCUT2D eigenvalue weighted by Gasteiger charge is -2.33. The van der Waals surface area contributed by atoms with E-state index in [9.17, 15) is 4.79 Å². The summed E-state index contributed by atoms with van der Waals surface area (Å²) >= 11 is 0. The minimum absolute atomic E-state index is 0.0741. The SMILES string of the molecule is CCCC(c1nnnn1C(C)(C)CC)N(Cc1ccco1)Cc1cc2cccc(C)c2[nH]c1=O. The molecule has 1 unspecified atom stereocenters. The van der Waals surface area contributed by atoms with E-state index in [0.29, 0.717) is 18.7 Å². The molecular weight excluding hydrogens is 428 g/mol. The fourth-order valence-corrected chi connectivity index (χ4v) is 4.37. The van der Waals surface area contributed by atoms with E-state index in [1.165, 1.54) is 0 Å². The lowest BCUT2D eigenvalue weighted by molar-refractivity contribution is 0.135. The first-order valence-electron chi connectivity index (χ1n) is 12.0. The molecule has 4 rings (SSSR count). The molecule has 8 nitrogen and oxygen atoms in total. The molecule has 3 aromatic heterocycles. The van der Waals surface area contributed by atoms with Gasteiger partial charge in [0.1, 0.15) is 5.76 Å². The van der Waals surface area contributed by atoms with E-state index in [4.69, 9.17) is 4.42 Å². The summed E-state index contributed by atoms with van der Waals surface area (Å²) in [4.78, 5) is 18.5. The molecule has 34 heavy (non-hydrogen) atoms. The number of hydrogen-bond donors (Lipinski definition) is 1. The summed E-state index contributed by atoms with van der Waals surface area (Å²) < 4.78 is 7.64. The largest absolute Gasteiger partial charge is 0.468 e. The van der Waals surface area contributed by atoms with E-state index in [-0.39, 0.29) is 17.1 Å². The smallest absolute Gasteiger partial charge is 0.252 e. The van der Waals surface area contributed by atoms with Crippen molar-refractivity contribution in [3.05, 3.63) is 75.7 Å². The van der Waals surface area contributed by atoms with Gasteiger partial charge >= 0.3 is 0 Å². The molecule has 4 aromatic rings. The maximum absolute atomic E-state index is 13.1. The van der Waals surface area contributed by atoms with Gasteiger partial charge in [0.25, 0.3) is 5.56 Å². The average Bonchev–Trinajstić information content (AvgIpc) is 3.51. The van der Waals surface area contributed by atoms with Crippen molar-refractivity contribution in [1.29, 1.82) is 0 Å². The third-order valence-electron chi connectivity index (χ3n) is 6.71. The number of rotatable bonds is 10. The molecule has 0 saturated carbocycles. The third-order valence-corrected chi connectivity index (χ3v) is 6.71. The van der Waals surface area contributed by atoms with Crippen molar-refractivity contribution in [3.63, 3.8) is 0 Å². The van der Waals surface area contributed by atoms with Gasteiger partial charge < -0.3 is 9.40 Å². The molecule has 0 radical (unpaired) electrons. The van der Waals surface area contributed by atoms with Crippen molar-refractivity contribution >= 4 is 10.9 Å². The Morgan fingerprint density at radius 2 is 2.00 bits per heavy atom. The van der Waals surface area contributed by atoms with E-state index in [0.717, 1.165) is 47.3 Å². The van der Waals surface area contributed by atoms with Gasteiger partial charge in [-0.3, -0.25) is 9.69 Å². The molecule has 0 saturated heterocycles. The second-order valence-corrected chi connectivity index (χ2v) is 9.57. The van der Waals surface area contributed by atoms with Crippen LogP contribution in [0.2, 0.25) is 0 Å². The van der Waals surface area contributed by atoms with Crippen LogP contribution in [0.4, 0.5) is 0 Å².